The topological polar surface area (TPSA) is 93.8 Å². The number of benzene rings is 2. The summed E-state index contributed by atoms with van der Waals surface area (Å²) in [6.07, 6.45) is -6.03. The highest BCUT2D eigenvalue weighted by atomic mass is 19.4. The Morgan fingerprint density at radius 2 is 1.71 bits per heavy atom. The number of alkyl halides is 5. The smallest absolute Gasteiger partial charge is 0.459 e. The SMILES string of the molecule is COC(=O)[C@H]1C(C(F)(F)C(F)(F)F)=Nc2ccccc2N[C@H]1c1ccc([N+](=O)[O-])cc1. The third-order valence-corrected chi connectivity index (χ3v) is 4.68. The molecule has 31 heavy (non-hydrogen) atoms. The number of carbonyl (C=O) groups is 1. The van der Waals surface area contributed by atoms with Gasteiger partial charge in [-0.05, 0) is 17.7 Å². The number of non-ortho nitro benzene ring substituents is 1. The normalized spacial score (nSPS) is 18.8. The molecule has 0 unspecified atom stereocenters. The first-order valence-electron chi connectivity index (χ1n) is 8.68. The van der Waals surface area contributed by atoms with Crippen molar-refractivity contribution in [3.05, 3.63) is 64.2 Å². The zero-order valence-electron chi connectivity index (χ0n) is 15.7. The van der Waals surface area contributed by atoms with Gasteiger partial charge in [0.2, 0.25) is 0 Å². The van der Waals surface area contributed by atoms with Gasteiger partial charge in [-0.1, -0.05) is 24.3 Å². The molecule has 1 heterocycles. The van der Waals surface area contributed by atoms with Crippen LogP contribution in [-0.2, 0) is 9.53 Å². The van der Waals surface area contributed by atoms with Crippen molar-refractivity contribution in [3.63, 3.8) is 0 Å². The Balaban J connectivity index is 2.26. The van der Waals surface area contributed by atoms with Crippen LogP contribution in [-0.4, -0.2) is 35.8 Å². The van der Waals surface area contributed by atoms with E-state index in [4.69, 9.17) is 0 Å². The second-order valence-corrected chi connectivity index (χ2v) is 6.56. The minimum atomic E-state index is -6.03. The van der Waals surface area contributed by atoms with E-state index >= 15 is 0 Å². The van der Waals surface area contributed by atoms with Gasteiger partial charge in [-0.15, -0.1) is 0 Å². The third kappa shape index (κ3) is 4.05. The number of nitrogens with zero attached hydrogens (tertiary/aromatic N) is 2. The van der Waals surface area contributed by atoms with Crippen molar-refractivity contribution in [1.29, 1.82) is 0 Å². The van der Waals surface area contributed by atoms with Crippen molar-refractivity contribution < 1.29 is 36.4 Å². The van der Waals surface area contributed by atoms with Crippen molar-refractivity contribution >= 4 is 28.7 Å². The summed E-state index contributed by atoms with van der Waals surface area (Å²) in [6.45, 7) is 0. The van der Waals surface area contributed by atoms with Crippen LogP contribution in [0.4, 0.5) is 39.0 Å². The number of esters is 1. The summed E-state index contributed by atoms with van der Waals surface area (Å²) in [5.41, 5.74) is -2.18. The van der Waals surface area contributed by atoms with Gasteiger partial charge in [0.15, 0.2) is 0 Å². The van der Waals surface area contributed by atoms with Crippen LogP contribution in [0.15, 0.2) is 53.5 Å². The molecule has 0 radical (unpaired) electrons. The summed E-state index contributed by atoms with van der Waals surface area (Å²) >= 11 is 0. The van der Waals surface area contributed by atoms with Crippen LogP contribution < -0.4 is 5.32 Å². The number of hydrogen-bond donors (Lipinski definition) is 1. The molecule has 164 valence electrons. The molecule has 2 aromatic rings. The molecule has 0 aromatic heterocycles. The number of nitro benzene ring substituents is 1. The van der Waals surface area contributed by atoms with Crippen LogP contribution in [0.5, 0.6) is 0 Å². The van der Waals surface area contributed by atoms with Crippen molar-refractivity contribution in [1.82, 2.24) is 0 Å². The molecule has 1 aliphatic heterocycles. The van der Waals surface area contributed by atoms with Gasteiger partial charge >= 0.3 is 18.1 Å². The van der Waals surface area contributed by atoms with Crippen molar-refractivity contribution in [2.75, 3.05) is 12.4 Å². The van der Waals surface area contributed by atoms with Gasteiger partial charge in [-0.2, -0.15) is 22.0 Å². The highest BCUT2D eigenvalue weighted by molar-refractivity contribution is 6.09. The number of carbonyl (C=O) groups excluding carboxylic acids is 1. The lowest BCUT2D eigenvalue weighted by Crippen LogP contribution is -2.51. The summed E-state index contributed by atoms with van der Waals surface area (Å²) in [7, 11) is 0.844. The summed E-state index contributed by atoms with van der Waals surface area (Å²) in [4.78, 5) is 26.2. The number of aliphatic imine (C=N–C) groups is 1. The molecule has 0 spiro atoms. The van der Waals surface area contributed by atoms with Crippen LogP contribution in [0.2, 0.25) is 0 Å². The summed E-state index contributed by atoms with van der Waals surface area (Å²) in [5, 5.41) is 13.6. The number of anilines is 1. The quantitative estimate of drug-likeness (QED) is 0.317. The van der Waals surface area contributed by atoms with Crippen LogP contribution in [0, 0.1) is 16.0 Å². The molecular formula is C19H14F5N3O4. The van der Waals surface area contributed by atoms with E-state index in [1.807, 2.05) is 0 Å². The van der Waals surface area contributed by atoms with E-state index in [0.29, 0.717) is 0 Å². The van der Waals surface area contributed by atoms with E-state index in [1.54, 1.807) is 0 Å². The molecule has 0 fully saturated rings. The van der Waals surface area contributed by atoms with Crippen molar-refractivity contribution in [2.24, 2.45) is 10.9 Å². The zero-order chi connectivity index (χ0) is 23.0. The predicted octanol–water partition coefficient (Wildman–Crippen LogP) is 4.82. The van der Waals surface area contributed by atoms with Gasteiger partial charge < -0.3 is 10.1 Å². The van der Waals surface area contributed by atoms with E-state index in [1.165, 1.54) is 24.3 Å². The number of fused-ring (bicyclic) bond motifs is 1. The average molecular weight is 443 g/mol. The first kappa shape index (κ1) is 22.1. The average Bonchev–Trinajstić information content (AvgIpc) is 2.90. The maximum Gasteiger partial charge on any atom is 0.459 e. The number of para-hydroxylation sites is 2. The van der Waals surface area contributed by atoms with Gasteiger partial charge in [0.05, 0.1) is 29.4 Å². The van der Waals surface area contributed by atoms with E-state index in [2.05, 4.69) is 15.0 Å². The Hall–Kier alpha value is -3.57. The molecule has 0 amide bonds. The lowest BCUT2D eigenvalue weighted by atomic mass is 9.86. The monoisotopic (exact) mass is 443 g/mol. The van der Waals surface area contributed by atoms with Crippen LogP contribution in [0.25, 0.3) is 0 Å². The Bertz CT molecular complexity index is 1040. The van der Waals surface area contributed by atoms with Gasteiger partial charge in [-0.3, -0.25) is 14.9 Å². The number of rotatable bonds is 4. The molecule has 12 heteroatoms. The number of halogens is 5. The molecule has 2 atom stereocenters. The van der Waals surface area contributed by atoms with Gasteiger partial charge in [0.25, 0.3) is 5.69 Å². The lowest BCUT2D eigenvalue weighted by molar-refractivity contribution is -0.384. The van der Waals surface area contributed by atoms with E-state index in [-0.39, 0.29) is 22.6 Å². The molecule has 0 aliphatic carbocycles. The molecule has 0 saturated carbocycles. The standard InChI is InChI=1S/C19H14F5N3O4/c1-31-17(28)14-15(10-6-8-11(9-7-10)27(29)30)25-12-4-2-3-5-13(12)26-16(14)18(20,21)19(22,23)24/h2-9,14-15,25H,1H3/t14-,15+/m1/s1. The fourth-order valence-electron chi connectivity index (χ4n) is 3.17. The largest absolute Gasteiger partial charge is 0.468 e. The highest BCUT2D eigenvalue weighted by Crippen LogP contribution is 2.46. The van der Waals surface area contributed by atoms with E-state index in [0.717, 1.165) is 31.4 Å². The van der Waals surface area contributed by atoms with Crippen LogP contribution >= 0.6 is 0 Å². The maximum atomic E-state index is 14.5. The fraction of sp³-hybridized carbons (Fsp3) is 0.263. The highest BCUT2D eigenvalue weighted by Gasteiger charge is 2.65. The Kier molecular flexibility index (Phi) is 5.66. The van der Waals surface area contributed by atoms with Gasteiger partial charge in [0, 0.05) is 12.1 Å². The molecular weight excluding hydrogens is 429 g/mol. The molecule has 3 rings (SSSR count). The molecule has 1 N–H and O–H groups in total. The molecule has 0 bridgehead atoms. The van der Waals surface area contributed by atoms with Crippen LogP contribution in [0.3, 0.4) is 0 Å². The van der Waals surface area contributed by atoms with Gasteiger partial charge in [-0.25, -0.2) is 4.99 Å². The number of nitrogens with one attached hydrogen (secondary N) is 1. The summed E-state index contributed by atoms with van der Waals surface area (Å²) in [5.74, 6) is -9.02. The molecule has 0 saturated heterocycles. The summed E-state index contributed by atoms with van der Waals surface area (Å²) in [6, 6.07) is 8.39. The summed E-state index contributed by atoms with van der Waals surface area (Å²) < 4.78 is 73.3. The Morgan fingerprint density at radius 3 is 2.26 bits per heavy atom. The number of nitro groups is 1. The zero-order valence-corrected chi connectivity index (χ0v) is 15.7. The molecule has 2 aromatic carbocycles. The molecule has 7 nitrogen and oxygen atoms in total. The van der Waals surface area contributed by atoms with E-state index < -0.39 is 40.7 Å². The lowest BCUT2D eigenvalue weighted by Gasteiger charge is -2.30. The fourth-order valence-corrected chi connectivity index (χ4v) is 3.17. The maximum absolute atomic E-state index is 14.5. The molecule has 1 aliphatic rings. The van der Waals surface area contributed by atoms with E-state index in [9.17, 15) is 36.9 Å². The van der Waals surface area contributed by atoms with Crippen LogP contribution in [0.1, 0.15) is 11.6 Å². The van der Waals surface area contributed by atoms with Crippen molar-refractivity contribution in [2.45, 2.75) is 18.1 Å². The third-order valence-electron chi connectivity index (χ3n) is 4.68. The Morgan fingerprint density at radius 1 is 1.10 bits per heavy atom. The second-order valence-electron chi connectivity index (χ2n) is 6.56. The Labute approximate surface area is 171 Å². The number of methoxy groups -OCH3 is 1. The number of hydrogen-bond acceptors (Lipinski definition) is 6. The minimum absolute atomic E-state index is 0.0448. The predicted molar refractivity (Wildman–Crippen MR) is 99.5 cm³/mol. The number of ether oxygens (including phenoxy) is 1. The van der Waals surface area contributed by atoms with Crippen molar-refractivity contribution in [3.8, 4) is 0 Å². The first-order valence-corrected chi connectivity index (χ1v) is 8.68. The first-order chi connectivity index (χ1) is 14.5. The second kappa shape index (κ2) is 7.93. The van der Waals surface area contributed by atoms with Gasteiger partial charge in [0.1, 0.15) is 11.6 Å². The minimum Gasteiger partial charge on any atom is -0.468 e.